The Morgan fingerprint density at radius 1 is 0.917 bits per heavy atom. The molecule has 0 aliphatic heterocycles. The third-order valence-electron chi connectivity index (χ3n) is 5.12. The molecule has 0 saturated carbocycles. The molecule has 0 radical (unpaired) electrons. The zero-order valence-electron chi connectivity index (χ0n) is 20.3. The Morgan fingerprint density at radius 2 is 1.61 bits per heavy atom. The second-order valence-corrected chi connectivity index (χ2v) is 9.93. The topological polar surface area (TPSA) is 106 Å². The van der Waals surface area contributed by atoms with Crippen molar-refractivity contribution in [1.82, 2.24) is 5.32 Å². The molecule has 3 rings (SSSR count). The van der Waals surface area contributed by atoms with Gasteiger partial charge in [-0.1, -0.05) is 23.8 Å². The lowest BCUT2D eigenvalue weighted by molar-refractivity contribution is -0.115. The molecule has 0 spiro atoms. The number of methoxy groups -OCH3 is 2. The highest BCUT2D eigenvalue weighted by Gasteiger charge is 2.15. The second-order valence-electron chi connectivity index (χ2n) is 7.84. The first-order valence-electron chi connectivity index (χ1n) is 10.8. The quantitative estimate of drug-likeness (QED) is 0.290. The molecule has 0 unspecified atom stereocenters. The van der Waals surface area contributed by atoms with E-state index in [-0.39, 0.29) is 10.0 Å². The van der Waals surface area contributed by atoms with Gasteiger partial charge in [-0.15, -0.1) is 0 Å². The minimum atomic E-state index is -3.76. The van der Waals surface area contributed by atoms with Gasteiger partial charge in [0.15, 0.2) is 16.6 Å². The third-order valence-corrected chi connectivity index (χ3v) is 6.71. The molecule has 0 bridgehead atoms. The molecule has 0 aromatic heterocycles. The molecule has 0 atom stereocenters. The molecule has 3 N–H and O–H groups in total. The van der Waals surface area contributed by atoms with E-state index in [1.807, 2.05) is 26.0 Å². The van der Waals surface area contributed by atoms with E-state index >= 15 is 0 Å². The van der Waals surface area contributed by atoms with Crippen molar-refractivity contribution >= 4 is 50.7 Å². The van der Waals surface area contributed by atoms with E-state index in [0.29, 0.717) is 22.9 Å². The van der Waals surface area contributed by atoms with Crippen molar-refractivity contribution in [3.05, 3.63) is 83.4 Å². The number of hydrogen-bond acceptors (Lipinski definition) is 6. The molecule has 0 aliphatic rings. The second kappa shape index (κ2) is 11.7. The van der Waals surface area contributed by atoms with E-state index in [0.717, 1.165) is 16.7 Å². The van der Waals surface area contributed by atoms with Gasteiger partial charge in [-0.25, -0.2) is 8.42 Å². The van der Waals surface area contributed by atoms with E-state index in [4.69, 9.17) is 21.7 Å². The summed E-state index contributed by atoms with van der Waals surface area (Å²) in [4.78, 5) is 12.3. The molecule has 0 aliphatic carbocycles. The number of sulfonamides is 1. The molecule has 36 heavy (non-hydrogen) atoms. The summed E-state index contributed by atoms with van der Waals surface area (Å²) in [6.07, 6.45) is 2.95. The predicted octanol–water partition coefficient (Wildman–Crippen LogP) is 4.65. The van der Waals surface area contributed by atoms with Crippen molar-refractivity contribution in [2.75, 3.05) is 24.3 Å². The Kier molecular flexibility index (Phi) is 8.68. The van der Waals surface area contributed by atoms with Crippen LogP contribution in [0.1, 0.15) is 16.7 Å². The summed E-state index contributed by atoms with van der Waals surface area (Å²) in [5.74, 6) is 0.704. The highest BCUT2D eigenvalue weighted by molar-refractivity contribution is 7.92. The maximum absolute atomic E-state index is 12.7. The molecule has 1 amide bonds. The number of nitrogens with one attached hydrogen (secondary N) is 3. The number of amides is 1. The van der Waals surface area contributed by atoms with Crippen LogP contribution in [-0.4, -0.2) is 33.7 Å². The van der Waals surface area contributed by atoms with Gasteiger partial charge in [0.05, 0.1) is 24.8 Å². The number of rotatable bonds is 8. The van der Waals surface area contributed by atoms with Gasteiger partial charge in [0.25, 0.3) is 10.0 Å². The summed E-state index contributed by atoms with van der Waals surface area (Å²) in [7, 11) is -0.683. The standard InChI is InChI=1S/C26H27N3O5S2/c1-17-5-12-22(18(2)15-17)29-36(31,32)21-10-8-20(9-11-21)27-26(35)28-25(30)14-7-19-6-13-23(33-3)24(16-19)34-4/h5-16,29H,1-4H3,(H2,27,28,30,35)/b14-7+. The van der Waals surface area contributed by atoms with Gasteiger partial charge >= 0.3 is 0 Å². The Balaban J connectivity index is 1.58. The van der Waals surface area contributed by atoms with Crippen molar-refractivity contribution in [3.8, 4) is 11.5 Å². The van der Waals surface area contributed by atoms with Gasteiger partial charge in [0, 0.05) is 11.8 Å². The largest absolute Gasteiger partial charge is 0.493 e. The molecule has 0 fully saturated rings. The van der Waals surface area contributed by atoms with Crippen LogP contribution in [0.15, 0.2) is 71.6 Å². The Labute approximate surface area is 216 Å². The smallest absolute Gasteiger partial charge is 0.261 e. The zero-order valence-corrected chi connectivity index (χ0v) is 21.9. The van der Waals surface area contributed by atoms with Gasteiger partial charge in [0.1, 0.15) is 0 Å². The van der Waals surface area contributed by atoms with E-state index in [9.17, 15) is 13.2 Å². The third kappa shape index (κ3) is 7.06. The minimum Gasteiger partial charge on any atom is -0.493 e. The van der Waals surface area contributed by atoms with Crippen molar-refractivity contribution < 1.29 is 22.7 Å². The minimum absolute atomic E-state index is 0.0703. The number of benzene rings is 3. The van der Waals surface area contributed by atoms with Gasteiger partial charge in [-0.05, 0) is 85.7 Å². The summed E-state index contributed by atoms with van der Waals surface area (Å²) in [6.45, 7) is 3.79. The van der Waals surface area contributed by atoms with Gasteiger partial charge in [-0.3, -0.25) is 14.8 Å². The summed E-state index contributed by atoms with van der Waals surface area (Å²) >= 11 is 5.19. The lowest BCUT2D eigenvalue weighted by Gasteiger charge is -2.12. The van der Waals surface area contributed by atoms with E-state index in [1.54, 1.807) is 49.6 Å². The fourth-order valence-corrected chi connectivity index (χ4v) is 4.64. The monoisotopic (exact) mass is 525 g/mol. The number of anilines is 2. The maximum Gasteiger partial charge on any atom is 0.261 e. The zero-order chi connectivity index (χ0) is 26.3. The lowest BCUT2D eigenvalue weighted by Crippen LogP contribution is -2.32. The predicted molar refractivity (Wildman–Crippen MR) is 146 cm³/mol. The van der Waals surface area contributed by atoms with Crippen molar-refractivity contribution in [2.24, 2.45) is 0 Å². The number of hydrogen-bond donors (Lipinski definition) is 3. The highest BCUT2D eigenvalue weighted by Crippen LogP contribution is 2.28. The molecule has 0 saturated heterocycles. The molecule has 3 aromatic carbocycles. The lowest BCUT2D eigenvalue weighted by atomic mass is 10.1. The van der Waals surface area contributed by atoms with E-state index in [2.05, 4.69) is 15.4 Å². The first-order valence-corrected chi connectivity index (χ1v) is 12.7. The average Bonchev–Trinajstić information content (AvgIpc) is 2.84. The van der Waals surface area contributed by atoms with Crippen LogP contribution in [0.3, 0.4) is 0 Å². The number of aryl methyl sites for hydroxylation is 2. The molecule has 8 nitrogen and oxygen atoms in total. The van der Waals surface area contributed by atoms with Crippen LogP contribution in [-0.2, 0) is 14.8 Å². The number of thiocarbonyl (C=S) groups is 1. The van der Waals surface area contributed by atoms with Crippen LogP contribution >= 0.6 is 12.2 Å². The maximum atomic E-state index is 12.7. The van der Waals surface area contributed by atoms with Crippen LogP contribution in [0.4, 0.5) is 11.4 Å². The Morgan fingerprint density at radius 3 is 2.25 bits per heavy atom. The molecule has 0 heterocycles. The van der Waals surface area contributed by atoms with Crippen molar-refractivity contribution in [1.29, 1.82) is 0 Å². The Hall–Kier alpha value is -3.89. The molecular formula is C26H27N3O5S2. The first-order chi connectivity index (χ1) is 17.1. The average molecular weight is 526 g/mol. The summed E-state index contributed by atoms with van der Waals surface area (Å²) in [5.41, 5.74) is 3.67. The van der Waals surface area contributed by atoms with Crippen molar-refractivity contribution in [3.63, 3.8) is 0 Å². The number of carbonyl (C=O) groups excluding carboxylic acids is 1. The fourth-order valence-electron chi connectivity index (χ4n) is 3.29. The number of carbonyl (C=O) groups is 1. The van der Waals surface area contributed by atoms with Crippen LogP contribution in [0, 0.1) is 13.8 Å². The van der Waals surface area contributed by atoms with Crippen LogP contribution in [0.5, 0.6) is 11.5 Å². The molecule has 188 valence electrons. The van der Waals surface area contributed by atoms with Crippen molar-refractivity contribution in [2.45, 2.75) is 18.7 Å². The SMILES string of the molecule is COc1ccc(/C=C/C(=O)NC(=S)Nc2ccc(S(=O)(=O)Nc3ccc(C)cc3C)cc2)cc1OC. The fraction of sp³-hybridized carbons (Fsp3) is 0.154. The van der Waals surface area contributed by atoms with E-state index in [1.165, 1.54) is 25.3 Å². The van der Waals surface area contributed by atoms with Crippen LogP contribution in [0.2, 0.25) is 0 Å². The molecule has 10 heteroatoms. The highest BCUT2D eigenvalue weighted by atomic mass is 32.2. The summed E-state index contributed by atoms with van der Waals surface area (Å²) in [5, 5.41) is 5.48. The summed E-state index contributed by atoms with van der Waals surface area (Å²) in [6, 6.07) is 16.8. The molecule has 3 aromatic rings. The summed E-state index contributed by atoms with van der Waals surface area (Å²) < 4.78 is 38.5. The van der Waals surface area contributed by atoms with E-state index < -0.39 is 15.9 Å². The van der Waals surface area contributed by atoms with Gasteiger partial charge in [-0.2, -0.15) is 0 Å². The van der Waals surface area contributed by atoms with Gasteiger partial charge in [0.2, 0.25) is 5.91 Å². The number of ether oxygens (including phenoxy) is 2. The first kappa shape index (κ1) is 26.7. The normalized spacial score (nSPS) is 11.1. The Bertz CT molecular complexity index is 1400. The van der Waals surface area contributed by atoms with Gasteiger partial charge < -0.3 is 14.8 Å². The van der Waals surface area contributed by atoms with Crippen LogP contribution in [0.25, 0.3) is 6.08 Å². The van der Waals surface area contributed by atoms with Crippen LogP contribution < -0.4 is 24.8 Å². The molecular weight excluding hydrogens is 498 g/mol.